The molecule has 0 saturated heterocycles. The molecule has 0 fully saturated rings. The lowest BCUT2D eigenvalue weighted by molar-refractivity contribution is -0.154. The number of carbonyl (C=O) groups is 7. The van der Waals surface area contributed by atoms with E-state index in [1.807, 2.05) is 0 Å². The van der Waals surface area contributed by atoms with E-state index in [2.05, 4.69) is 21.3 Å². The number of nitrogens with two attached hydrogens (primary N) is 1. The van der Waals surface area contributed by atoms with Crippen LogP contribution in [0.1, 0.15) is 59.4 Å². The average Bonchev–Trinajstić information content (AvgIpc) is 3.31. The Balaban J connectivity index is 2.16. The van der Waals surface area contributed by atoms with Gasteiger partial charge in [0.15, 0.2) is 5.25 Å². The summed E-state index contributed by atoms with van der Waals surface area (Å²) in [4.78, 5) is 87.4. The molecule has 49 heavy (non-hydrogen) atoms. The minimum absolute atomic E-state index is 0.0109. The summed E-state index contributed by atoms with van der Waals surface area (Å²) in [6.07, 6.45) is 1.51. The van der Waals surface area contributed by atoms with Gasteiger partial charge in [-0.1, -0.05) is 26.0 Å². The fourth-order valence-corrected chi connectivity index (χ4v) is 5.16. The molecule has 7 amide bonds. The molecule has 0 spiro atoms. The maximum atomic E-state index is 13.4. The highest BCUT2D eigenvalue weighted by molar-refractivity contribution is 7.87. The number of carbonyl (C=O) groups excluding carboxylic acids is 7. The molecule has 7 N–H and O–H groups in total. The molecular formula is C31H44N6O11S. The SMILES string of the molecule is CC(C)C(NC(=O)[C@@H](CCN1C(=O)C=CC1=O)S(=O)(=O)O)C(=O)N[C@@H](CCCNC(N)=O)C(=O)Nc1ccc(COC(=O)C(C)(C)C)cc1. The number of amides is 7. The van der Waals surface area contributed by atoms with E-state index >= 15 is 0 Å². The molecule has 18 heteroatoms. The van der Waals surface area contributed by atoms with Gasteiger partial charge in [-0.05, 0) is 63.6 Å². The van der Waals surface area contributed by atoms with Gasteiger partial charge in [0.05, 0.1) is 5.41 Å². The highest BCUT2D eigenvalue weighted by Crippen LogP contribution is 2.18. The van der Waals surface area contributed by atoms with Crippen LogP contribution in [0.2, 0.25) is 0 Å². The van der Waals surface area contributed by atoms with Crippen LogP contribution in [0, 0.1) is 11.3 Å². The molecule has 0 aliphatic carbocycles. The fraction of sp³-hybridized carbons (Fsp3) is 0.516. The van der Waals surface area contributed by atoms with Crippen LogP contribution < -0.4 is 27.0 Å². The van der Waals surface area contributed by atoms with Gasteiger partial charge in [-0.2, -0.15) is 8.42 Å². The number of hydrogen-bond acceptors (Lipinski definition) is 10. The summed E-state index contributed by atoms with van der Waals surface area (Å²) in [5.41, 5.74) is 5.43. The highest BCUT2D eigenvalue weighted by Gasteiger charge is 2.37. The maximum absolute atomic E-state index is 13.4. The van der Waals surface area contributed by atoms with Crippen molar-refractivity contribution in [3.05, 3.63) is 42.0 Å². The van der Waals surface area contributed by atoms with Gasteiger partial charge < -0.3 is 31.7 Å². The maximum Gasteiger partial charge on any atom is 0.312 e. The van der Waals surface area contributed by atoms with Gasteiger partial charge in [0.2, 0.25) is 17.7 Å². The Morgan fingerprint density at radius 3 is 2.02 bits per heavy atom. The van der Waals surface area contributed by atoms with Gasteiger partial charge in [-0.25, -0.2) is 4.79 Å². The van der Waals surface area contributed by atoms with E-state index in [1.165, 1.54) is 0 Å². The number of hydrogen-bond donors (Lipinski definition) is 6. The number of imide groups is 1. The number of rotatable bonds is 17. The van der Waals surface area contributed by atoms with Crippen molar-refractivity contribution in [2.24, 2.45) is 17.1 Å². The first-order chi connectivity index (χ1) is 22.7. The van der Waals surface area contributed by atoms with Crippen molar-refractivity contribution in [1.29, 1.82) is 0 Å². The highest BCUT2D eigenvalue weighted by atomic mass is 32.2. The quantitative estimate of drug-likeness (QED) is 0.0557. The number of nitrogens with one attached hydrogen (secondary N) is 4. The van der Waals surface area contributed by atoms with E-state index < -0.39 is 87.3 Å². The predicted molar refractivity (Wildman–Crippen MR) is 176 cm³/mol. The number of primary amides is 1. The zero-order valence-corrected chi connectivity index (χ0v) is 28.8. The second kappa shape index (κ2) is 17.5. The third-order valence-electron chi connectivity index (χ3n) is 7.22. The zero-order valence-electron chi connectivity index (χ0n) is 28.0. The number of ether oxygens (including phenoxy) is 1. The molecule has 3 atom stereocenters. The van der Waals surface area contributed by atoms with Crippen LogP contribution in [0.3, 0.4) is 0 Å². The Bertz CT molecular complexity index is 1530. The first kappa shape index (κ1) is 40.3. The molecule has 1 unspecified atom stereocenters. The summed E-state index contributed by atoms with van der Waals surface area (Å²) in [6, 6.07) is 3.03. The van der Waals surface area contributed by atoms with E-state index in [-0.39, 0.29) is 32.0 Å². The summed E-state index contributed by atoms with van der Waals surface area (Å²) in [6.45, 7) is 7.87. The van der Waals surface area contributed by atoms with E-state index in [9.17, 15) is 46.5 Å². The van der Waals surface area contributed by atoms with Crippen molar-refractivity contribution >= 4 is 57.3 Å². The molecule has 1 aliphatic rings. The van der Waals surface area contributed by atoms with Crippen LogP contribution in [-0.4, -0.2) is 89.8 Å². The van der Waals surface area contributed by atoms with Crippen molar-refractivity contribution in [3.8, 4) is 0 Å². The third-order valence-corrected chi connectivity index (χ3v) is 8.39. The van der Waals surface area contributed by atoms with E-state index in [0.29, 0.717) is 16.2 Å². The molecule has 270 valence electrons. The van der Waals surface area contributed by atoms with Gasteiger partial charge in [0, 0.05) is 30.9 Å². The average molecular weight is 709 g/mol. The van der Waals surface area contributed by atoms with E-state index in [4.69, 9.17) is 10.5 Å². The van der Waals surface area contributed by atoms with Gasteiger partial charge >= 0.3 is 12.0 Å². The Morgan fingerprint density at radius 2 is 1.51 bits per heavy atom. The number of esters is 1. The standard InChI is InChI=1S/C31H44N6O11S/c1-18(2)25(36-27(41)22(49(45,46)47)14-16-37-23(38)12-13-24(37)39)28(42)35-21(7-6-15-33-30(32)44)26(40)34-20-10-8-19(9-11-20)17-48-29(43)31(3,4)5/h8-13,18,21-22,25H,6-7,14-17H2,1-5H3,(H,34,40)(H,35,42)(H,36,41)(H3,32,33,44)(H,45,46,47)/t21-,22+,25?/m0/s1. The van der Waals surface area contributed by atoms with E-state index in [0.717, 1.165) is 12.2 Å². The smallest absolute Gasteiger partial charge is 0.312 e. The first-order valence-corrected chi connectivity index (χ1v) is 16.9. The lowest BCUT2D eigenvalue weighted by Crippen LogP contribution is -2.56. The first-order valence-electron chi connectivity index (χ1n) is 15.4. The zero-order chi connectivity index (χ0) is 37.1. The number of urea groups is 1. The molecule has 1 aromatic rings. The van der Waals surface area contributed by atoms with Crippen molar-refractivity contribution in [2.45, 2.75) is 77.8 Å². The monoisotopic (exact) mass is 708 g/mol. The largest absolute Gasteiger partial charge is 0.460 e. The Morgan fingerprint density at radius 1 is 0.918 bits per heavy atom. The normalized spacial score (nSPS) is 15.0. The topological polar surface area (TPSA) is 260 Å². The lowest BCUT2D eigenvalue weighted by atomic mass is 9.97. The molecule has 0 aromatic heterocycles. The summed E-state index contributed by atoms with van der Waals surface area (Å²) >= 11 is 0. The van der Waals surface area contributed by atoms with Crippen molar-refractivity contribution < 1.29 is 51.3 Å². The summed E-state index contributed by atoms with van der Waals surface area (Å²) in [5.74, 6) is -5.23. The second-order valence-corrected chi connectivity index (χ2v) is 14.3. The summed E-state index contributed by atoms with van der Waals surface area (Å²) in [7, 11) is -5.05. The predicted octanol–water partition coefficient (Wildman–Crippen LogP) is 0.360. The van der Waals surface area contributed by atoms with Gasteiger partial charge in [-0.3, -0.25) is 38.2 Å². The molecule has 1 heterocycles. The van der Waals surface area contributed by atoms with Gasteiger partial charge in [-0.15, -0.1) is 0 Å². The molecule has 1 aliphatic heterocycles. The van der Waals surface area contributed by atoms with Crippen LogP contribution in [0.4, 0.5) is 10.5 Å². The number of anilines is 1. The minimum atomic E-state index is -5.05. The fourth-order valence-electron chi connectivity index (χ4n) is 4.42. The van der Waals surface area contributed by atoms with Crippen LogP contribution in [0.25, 0.3) is 0 Å². The van der Waals surface area contributed by atoms with Gasteiger partial charge in [0.1, 0.15) is 18.7 Å². The van der Waals surface area contributed by atoms with Crippen LogP contribution in [-0.2, 0) is 50.2 Å². The molecule has 0 radical (unpaired) electrons. The van der Waals surface area contributed by atoms with Crippen molar-refractivity contribution in [1.82, 2.24) is 20.9 Å². The Hall–Kier alpha value is -4.84. The van der Waals surface area contributed by atoms with Gasteiger partial charge in [0.25, 0.3) is 21.9 Å². The van der Waals surface area contributed by atoms with Crippen LogP contribution in [0.5, 0.6) is 0 Å². The molecular weight excluding hydrogens is 664 g/mol. The number of benzene rings is 1. The summed E-state index contributed by atoms with van der Waals surface area (Å²) < 4.78 is 39.3. The number of nitrogens with zero attached hydrogens (tertiary/aromatic N) is 1. The summed E-state index contributed by atoms with van der Waals surface area (Å²) in [5, 5.41) is 7.78. The third kappa shape index (κ3) is 12.9. The van der Waals surface area contributed by atoms with Crippen molar-refractivity contribution in [3.63, 3.8) is 0 Å². The Labute approximate surface area is 284 Å². The molecule has 1 aromatic carbocycles. The van der Waals surface area contributed by atoms with Crippen molar-refractivity contribution in [2.75, 3.05) is 18.4 Å². The molecule has 2 rings (SSSR count). The van der Waals surface area contributed by atoms with Crippen LogP contribution >= 0.6 is 0 Å². The second-order valence-electron chi connectivity index (χ2n) is 12.7. The molecule has 17 nitrogen and oxygen atoms in total. The lowest BCUT2D eigenvalue weighted by Gasteiger charge is -2.27. The minimum Gasteiger partial charge on any atom is -0.460 e. The van der Waals surface area contributed by atoms with E-state index in [1.54, 1.807) is 58.9 Å². The molecule has 0 saturated carbocycles. The van der Waals surface area contributed by atoms with Crippen LogP contribution in [0.15, 0.2) is 36.4 Å². The Kier molecular flexibility index (Phi) is 14.4. The molecule has 0 bridgehead atoms.